The minimum Gasteiger partial charge on any atom is -0.290 e. The first kappa shape index (κ1) is 9.41. The number of carbonyl (C=O) groups excluding carboxylic acids is 1. The molecule has 1 nitrogen and oxygen atoms in total. The Labute approximate surface area is 75.4 Å². The fourth-order valence-electron chi connectivity index (χ4n) is 1.57. The zero-order valence-corrected chi connectivity index (χ0v) is 8.79. The van der Waals surface area contributed by atoms with Crippen molar-refractivity contribution in [2.75, 3.05) is 0 Å². The summed E-state index contributed by atoms with van der Waals surface area (Å²) in [7, 11) is 2.22. The van der Waals surface area contributed by atoms with Gasteiger partial charge in [-0.15, -0.1) is 0 Å². The quantitative estimate of drug-likeness (QED) is 0.607. The lowest BCUT2D eigenvalue weighted by atomic mass is 10.0. The van der Waals surface area contributed by atoms with Gasteiger partial charge >= 0.3 is 0 Å². The Morgan fingerprint density at radius 3 is 1.92 bits per heavy atom. The van der Waals surface area contributed by atoms with E-state index in [0.717, 1.165) is 16.7 Å². The molecule has 0 saturated heterocycles. The molecule has 0 N–H and O–H groups in total. The lowest BCUT2D eigenvalue weighted by Crippen LogP contribution is -1.97. The second kappa shape index (κ2) is 3.37. The zero-order valence-electron chi connectivity index (χ0n) is 7.64. The van der Waals surface area contributed by atoms with Crippen LogP contribution in [0.2, 0.25) is 0 Å². The van der Waals surface area contributed by atoms with Gasteiger partial charge in [0.15, 0.2) is 5.52 Å². The third kappa shape index (κ3) is 1.73. The zero-order chi connectivity index (χ0) is 9.30. The maximum absolute atomic E-state index is 11.2. The van der Waals surface area contributed by atoms with E-state index in [1.165, 1.54) is 5.56 Å². The predicted octanol–water partition coefficient (Wildman–Crippen LogP) is 2.63. The molecule has 0 bridgehead atoms. The first-order chi connectivity index (χ1) is 5.52. The van der Waals surface area contributed by atoms with Crippen LogP contribution in [0.1, 0.15) is 27.0 Å². The molecule has 64 valence electrons. The Bertz CT molecular complexity index is 306. The van der Waals surface area contributed by atoms with Gasteiger partial charge in [0, 0.05) is 5.56 Å². The van der Waals surface area contributed by atoms with Gasteiger partial charge in [-0.1, -0.05) is 26.9 Å². The highest BCUT2D eigenvalue weighted by molar-refractivity contribution is 7.41. The Morgan fingerprint density at radius 1 is 1.17 bits per heavy atom. The Balaban J connectivity index is 3.38. The number of hydrogen-bond acceptors (Lipinski definition) is 1. The van der Waals surface area contributed by atoms with Crippen molar-refractivity contribution in [3.05, 3.63) is 34.4 Å². The molecule has 0 radical (unpaired) electrons. The molecule has 1 atom stereocenters. The Kier molecular flexibility index (Phi) is 2.64. The van der Waals surface area contributed by atoms with E-state index in [1.807, 2.05) is 32.9 Å². The van der Waals surface area contributed by atoms with Crippen molar-refractivity contribution in [1.29, 1.82) is 0 Å². The van der Waals surface area contributed by atoms with E-state index in [1.54, 1.807) is 0 Å². The molecule has 0 fully saturated rings. The summed E-state index contributed by atoms with van der Waals surface area (Å²) in [5, 5.41) is 0. The van der Waals surface area contributed by atoms with Crippen LogP contribution in [0.25, 0.3) is 0 Å². The van der Waals surface area contributed by atoms with Crippen molar-refractivity contribution in [3.63, 3.8) is 0 Å². The molecule has 0 aliphatic carbocycles. The minimum absolute atomic E-state index is 0.0741. The molecule has 1 aromatic carbocycles. The number of aryl methyl sites for hydroxylation is 3. The summed E-state index contributed by atoms with van der Waals surface area (Å²) < 4.78 is 0. The number of carbonyl (C=O) groups is 1. The highest BCUT2D eigenvalue weighted by Gasteiger charge is 2.07. The normalized spacial score (nSPS) is 10.0. The third-order valence-electron chi connectivity index (χ3n) is 1.92. The first-order valence-electron chi connectivity index (χ1n) is 3.90. The number of rotatable bonds is 1. The van der Waals surface area contributed by atoms with Crippen molar-refractivity contribution >= 4 is 14.8 Å². The van der Waals surface area contributed by atoms with Crippen LogP contribution in [0, 0.1) is 20.8 Å². The summed E-state index contributed by atoms with van der Waals surface area (Å²) in [4.78, 5) is 11.2. The molecule has 0 aromatic heterocycles. The van der Waals surface area contributed by atoms with Crippen LogP contribution in [0.4, 0.5) is 0 Å². The van der Waals surface area contributed by atoms with Crippen LogP contribution >= 0.6 is 9.24 Å². The van der Waals surface area contributed by atoms with Gasteiger partial charge in [0.1, 0.15) is 0 Å². The van der Waals surface area contributed by atoms with E-state index in [4.69, 9.17) is 0 Å². The van der Waals surface area contributed by atoms with Crippen molar-refractivity contribution in [2.45, 2.75) is 20.8 Å². The van der Waals surface area contributed by atoms with Crippen LogP contribution < -0.4 is 0 Å². The van der Waals surface area contributed by atoms with Gasteiger partial charge in [-0.05, 0) is 31.9 Å². The van der Waals surface area contributed by atoms with Crippen LogP contribution in [0.3, 0.4) is 0 Å². The van der Waals surface area contributed by atoms with Crippen molar-refractivity contribution in [2.24, 2.45) is 0 Å². The van der Waals surface area contributed by atoms with Gasteiger partial charge in [0.2, 0.25) is 0 Å². The number of benzene rings is 1. The smallest absolute Gasteiger partial charge is 0.178 e. The fourth-order valence-corrected chi connectivity index (χ4v) is 2.02. The van der Waals surface area contributed by atoms with E-state index in [9.17, 15) is 4.79 Å². The van der Waals surface area contributed by atoms with Crippen LogP contribution in [-0.4, -0.2) is 5.52 Å². The van der Waals surface area contributed by atoms with E-state index >= 15 is 0 Å². The van der Waals surface area contributed by atoms with E-state index in [0.29, 0.717) is 0 Å². The second-order valence-corrected chi connectivity index (χ2v) is 3.66. The molecule has 1 unspecified atom stereocenters. The molecule has 2 heteroatoms. The monoisotopic (exact) mass is 180 g/mol. The molecule has 0 aliphatic rings. The van der Waals surface area contributed by atoms with Crippen molar-refractivity contribution in [1.82, 2.24) is 0 Å². The van der Waals surface area contributed by atoms with Crippen LogP contribution in [-0.2, 0) is 0 Å². The van der Waals surface area contributed by atoms with Crippen molar-refractivity contribution in [3.8, 4) is 0 Å². The highest BCUT2D eigenvalue weighted by atomic mass is 31.0. The van der Waals surface area contributed by atoms with Crippen molar-refractivity contribution < 1.29 is 4.79 Å². The summed E-state index contributed by atoms with van der Waals surface area (Å²) in [6, 6.07) is 4.06. The standard InChI is InChI=1S/C10H13OP/c1-6-4-7(2)9(10(11)12)8(3)5-6/h4-5H,12H2,1-3H3. The molecule has 0 heterocycles. The molecular weight excluding hydrogens is 167 g/mol. The van der Waals surface area contributed by atoms with Crippen LogP contribution in [0.15, 0.2) is 12.1 Å². The van der Waals surface area contributed by atoms with Gasteiger partial charge in [-0.3, -0.25) is 4.79 Å². The highest BCUT2D eigenvalue weighted by Crippen LogP contribution is 2.18. The summed E-state index contributed by atoms with van der Waals surface area (Å²) >= 11 is 0. The maximum Gasteiger partial charge on any atom is 0.178 e. The average molecular weight is 180 g/mol. The summed E-state index contributed by atoms with van der Waals surface area (Å²) in [6.07, 6.45) is 0. The molecule has 12 heavy (non-hydrogen) atoms. The molecule has 1 rings (SSSR count). The Morgan fingerprint density at radius 2 is 1.58 bits per heavy atom. The van der Waals surface area contributed by atoms with Gasteiger partial charge in [-0.25, -0.2) is 0 Å². The summed E-state index contributed by atoms with van der Waals surface area (Å²) in [5.41, 5.74) is 4.25. The minimum atomic E-state index is 0.0741. The Hall–Kier alpha value is -0.680. The van der Waals surface area contributed by atoms with Gasteiger partial charge < -0.3 is 0 Å². The predicted molar refractivity (Wildman–Crippen MR) is 54.7 cm³/mol. The lowest BCUT2D eigenvalue weighted by molar-refractivity contribution is 0.108. The molecule has 0 saturated carbocycles. The van der Waals surface area contributed by atoms with Gasteiger partial charge in [-0.2, -0.15) is 0 Å². The molecular formula is C10H13OP. The largest absolute Gasteiger partial charge is 0.290 e. The maximum atomic E-state index is 11.2. The molecule has 0 aliphatic heterocycles. The topological polar surface area (TPSA) is 17.1 Å². The lowest BCUT2D eigenvalue weighted by Gasteiger charge is -2.06. The van der Waals surface area contributed by atoms with Crippen LogP contribution in [0.5, 0.6) is 0 Å². The van der Waals surface area contributed by atoms with E-state index in [-0.39, 0.29) is 5.52 Å². The molecule has 1 aromatic rings. The number of hydrogen-bond donors (Lipinski definition) is 0. The van der Waals surface area contributed by atoms with E-state index in [2.05, 4.69) is 9.24 Å². The van der Waals surface area contributed by atoms with Gasteiger partial charge in [0.05, 0.1) is 0 Å². The molecule has 0 amide bonds. The first-order valence-corrected chi connectivity index (χ1v) is 4.47. The average Bonchev–Trinajstić information content (AvgIpc) is 1.82. The van der Waals surface area contributed by atoms with E-state index < -0.39 is 0 Å². The third-order valence-corrected chi connectivity index (χ3v) is 2.21. The fraction of sp³-hybridized carbons (Fsp3) is 0.300. The van der Waals surface area contributed by atoms with Gasteiger partial charge in [0.25, 0.3) is 0 Å². The molecule has 0 spiro atoms. The second-order valence-electron chi connectivity index (χ2n) is 3.14. The SMILES string of the molecule is Cc1cc(C)c(C(=O)P)c(C)c1. The summed E-state index contributed by atoms with van der Waals surface area (Å²) in [6.45, 7) is 5.98. The summed E-state index contributed by atoms with van der Waals surface area (Å²) in [5.74, 6) is 0.